The molecule has 2 amide bonds. The minimum Gasteiger partial charge on any atom is -0.493 e. The molecule has 1 saturated heterocycles. The van der Waals surface area contributed by atoms with Crippen molar-refractivity contribution in [1.29, 1.82) is 0 Å². The zero-order valence-electron chi connectivity index (χ0n) is 18.8. The maximum atomic E-state index is 13.3. The van der Waals surface area contributed by atoms with E-state index in [9.17, 15) is 9.59 Å². The number of nitrogens with zero attached hydrogens (tertiary/aromatic N) is 3. The van der Waals surface area contributed by atoms with Gasteiger partial charge in [0, 0.05) is 31.3 Å². The van der Waals surface area contributed by atoms with Gasteiger partial charge in [-0.2, -0.15) is 4.98 Å². The van der Waals surface area contributed by atoms with Gasteiger partial charge in [0.05, 0.1) is 25.7 Å². The van der Waals surface area contributed by atoms with Crippen molar-refractivity contribution in [3.8, 4) is 22.9 Å². The molecule has 1 aliphatic heterocycles. The highest BCUT2D eigenvalue weighted by Crippen LogP contribution is 2.34. The molecule has 9 heteroatoms. The van der Waals surface area contributed by atoms with Gasteiger partial charge in [-0.25, -0.2) is 0 Å². The van der Waals surface area contributed by atoms with Gasteiger partial charge in [-0.3, -0.25) is 9.59 Å². The first-order chi connectivity index (χ1) is 16.0. The predicted octanol–water partition coefficient (Wildman–Crippen LogP) is 3.73. The molecule has 1 atom stereocenters. The third kappa shape index (κ3) is 4.82. The summed E-state index contributed by atoms with van der Waals surface area (Å²) < 4.78 is 16.3. The summed E-state index contributed by atoms with van der Waals surface area (Å²) in [4.78, 5) is 30.8. The number of methoxy groups -OCH3 is 2. The zero-order valence-corrected chi connectivity index (χ0v) is 18.8. The van der Waals surface area contributed by atoms with Gasteiger partial charge in [0.1, 0.15) is 0 Å². The van der Waals surface area contributed by atoms with Crippen LogP contribution in [0.15, 0.2) is 47.0 Å². The van der Waals surface area contributed by atoms with Gasteiger partial charge < -0.3 is 24.2 Å². The number of anilines is 1. The van der Waals surface area contributed by atoms with Crippen LogP contribution in [0.25, 0.3) is 11.4 Å². The summed E-state index contributed by atoms with van der Waals surface area (Å²) in [5.74, 6) is 1.61. The number of rotatable bonds is 6. The number of likely N-dealkylation sites (tertiary alicyclic amines) is 1. The smallest absolute Gasteiger partial charge is 0.257 e. The van der Waals surface area contributed by atoms with Crippen molar-refractivity contribution >= 4 is 17.5 Å². The second kappa shape index (κ2) is 9.72. The summed E-state index contributed by atoms with van der Waals surface area (Å²) in [6, 6.07) is 12.5. The number of benzene rings is 2. The van der Waals surface area contributed by atoms with Crippen molar-refractivity contribution in [3.05, 3.63) is 53.9 Å². The molecule has 1 fully saturated rings. The maximum Gasteiger partial charge on any atom is 0.257 e. The first-order valence-electron chi connectivity index (χ1n) is 10.7. The van der Waals surface area contributed by atoms with Crippen LogP contribution in [0, 0.1) is 0 Å². The number of para-hydroxylation sites is 1. The molecule has 0 spiro atoms. The van der Waals surface area contributed by atoms with Gasteiger partial charge in [-0.05, 0) is 49.2 Å². The summed E-state index contributed by atoms with van der Waals surface area (Å²) in [5, 5.41) is 6.84. The quantitative estimate of drug-likeness (QED) is 0.610. The second-order valence-electron chi connectivity index (χ2n) is 7.85. The van der Waals surface area contributed by atoms with E-state index in [1.807, 2.05) is 12.1 Å². The number of hydrogen-bond acceptors (Lipinski definition) is 7. The van der Waals surface area contributed by atoms with E-state index in [0.29, 0.717) is 47.6 Å². The van der Waals surface area contributed by atoms with Crippen molar-refractivity contribution in [2.24, 2.45) is 0 Å². The molecule has 172 valence electrons. The molecule has 0 radical (unpaired) electrons. The van der Waals surface area contributed by atoms with Crippen LogP contribution in [0.4, 0.5) is 5.69 Å². The Bertz CT molecular complexity index is 1140. The molecule has 9 nitrogen and oxygen atoms in total. The van der Waals surface area contributed by atoms with Crippen LogP contribution in [0.5, 0.6) is 11.5 Å². The van der Waals surface area contributed by atoms with E-state index in [-0.39, 0.29) is 17.7 Å². The average Bonchev–Trinajstić information content (AvgIpc) is 3.33. The molecular formula is C24H26N4O5. The van der Waals surface area contributed by atoms with Gasteiger partial charge in [0.25, 0.3) is 5.91 Å². The van der Waals surface area contributed by atoms with Crippen LogP contribution in [0.1, 0.15) is 41.9 Å². The van der Waals surface area contributed by atoms with Crippen LogP contribution in [-0.4, -0.2) is 54.2 Å². The monoisotopic (exact) mass is 450 g/mol. The number of aromatic nitrogens is 2. The SMILES string of the molecule is COc1cccc(C(=O)N2CCCC(c3nc(-c4ccc(NC(C)=O)cc4)no3)C2)c1OC. The molecule has 0 bridgehead atoms. The van der Waals surface area contributed by atoms with E-state index in [0.717, 1.165) is 18.4 Å². The van der Waals surface area contributed by atoms with Crippen molar-refractivity contribution in [2.45, 2.75) is 25.7 Å². The molecule has 1 N–H and O–H groups in total. The number of amides is 2. The van der Waals surface area contributed by atoms with Gasteiger partial charge in [0.2, 0.25) is 17.6 Å². The van der Waals surface area contributed by atoms with Crippen molar-refractivity contribution in [3.63, 3.8) is 0 Å². The van der Waals surface area contributed by atoms with Gasteiger partial charge in [-0.15, -0.1) is 0 Å². The predicted molar refractivity (Wildman–Crippen MR) is 121 cm³/mol. The molecule has 2 heterocycles. The fourth-order valence-corrected chi connectivity index (χ4v) is 4.01. The Morgan fingerprint density at radius 2 is 1.91 bits per heavy atom. The van der Waals surface area contributed by atoms with E-state index in [1.165, 1.54) is 14.0 Å². The lowest BCUT2D eigenvalue weighted by molar-refractivity contribution is -0.114. The van der Waals surface area contributed by atoms with Crippen molar-refractivity contribution in [1.82, 2.24) is 15.0 Å². The molecule has 0 aliphatic carbocycles. The van der Waals surface area contributed by atoms with Gasteiger partial charge in [0.15, 0.2) is 11.5 Å². The van der Waals surface area contributed by atoms with Crippen LogP contribution in [0.2, 0.25) is 0 Å². The number of hydrogen-bond donors (Lipinski definition) is 1. The van der Waals surface area contributed by atoms with Crippen LogP contribution in [0.3, 0.4) is 0 Å². The number of nitrogens with one attached hydrogen (secondary N) is 1. The number of piperidine rings is 1. The Labute approximate surface area is 191 Å². The standard InChI is InChI=1S/C24H26N4O5/c1-15(29)25-18-11-9-16(10-12-18)22-26-23(33-27-22)17-6-5-13-28(14-17)24(30)19-7-4-8-20(31-2)21(19)32-3/h4,7-12,17H,5-6,13-14H2,1-3H3,(H,25,29). The lowest BCUT2D eigenvalue weighted by Gasteiger charge is -2.31. The second-order valence-corrected chi connectivity index (χ2v) is 7.85. The van der Waals surface area contributed by atoms with Crippen molar-refractivity contribution < 1.29 is 23.6 Å². The molecule has 2 aromatic carbocycles. The van der Waals surface area contributed by atoms with E-state index >= 15 is 0 Å². The summed E-state index contributed by atoms with van der Waals surface area (Å²) in [5.41, 5.74) is 1.94. The fourth-order valence-electron chi connectivity index (χ4n) is 4.01. The highest BCUT2D eigenvalue weighted by Gasteiger charge is 2.31. The Hall–Kier alpha value is -3.88. The molecule has 1 unspecified atom stereocenters. The van der Waals surface area contributed by atoms with Crippen LogP contribution >= 0.6 is 0 Å². The van der Waals surface area contributed by atoms with E-state index in [1.54, 1.807) is 42.3 Å². The van der Waals surface area contributed by atoms with Gasteiger partial charge >= 0.3 is 0 Å². The lowest BCUT2D eigenvalue weighted by atomic mass is 9.97. The lowest BCUT2D eigenvalue weighted by Crippen LogP contribution is -2.39. The first-order valence-corrected chi connectivity index (χ1v) is 10.7. The number of carbonyl (C=O) groups is 2. The fraction of sp³-hybridized carbons (Fsp3) is 0.333. The van der Waals surface area contributed by atoms with E-state index < -0.39 is 0 Å². The average molecular weight is 450 g/mol. The Kier molecular flexibility index (Phi) is 6.58. The Balaban J connectivity index is 1.49. The molecule has 1 aromatic heterocycles. The maximum absolute atomic E-state index is 13.3. The summed E-state index contributed by atoms with van der Waals surface area (Å²) in [6.45, 7) is 2.57. The van der Waals surface area contributed by atoms with Crippen molar-refractivity contribution in [2.75, 3.05) is 32.6 Å². The largest absolute Gasteiger partial charge is 0.493 e. The number of carbonyl (C=O) groups excluding carboxylic acids is 2. The van der Waals surface area contributed by atoms with Crippen LogP contribution < -0.4 is 14.8 Å². The molecular weight excluding hydrogens is 424 g/mol. The van der Waals surface area contributed by atoms with Gasteiger partial charge in [-0.1, -0.05) is 11.2 Å². The minimum absolute atomic E-state index is 0.0563. The first kappa shape index (κ1) is 22.3. The third-order valence-electron chi connectivity index (χ3n) is 5.60. The Morgan fingerprint density at radius 1 is 1.12 bits per heavy atom. The molecule has 0 saturated carbocycles. The molecule has 3 aromatic rings. The minimum atomic E-state index is -0.132. The molecule has 33 heavy (non-hydrogen) atoms. The number of ether oxygens (including phenoxy) is 2. The van der Waals surface area contributed by atoms with E-state index in [2.05, 4.69) is 15.5 Å². The summed E-state index contributed by atoms with van der Waals surface area (Å²) in [6.07, 6.45) is 1.67. The third-order valence-corrected chi connectivity index (χ3v) is 5.60. The van der Waals surface area contributed by atoms with E-state index in [4.69, 9.17) is 14.0 Å². The zero-order chi connectivity index (χ0) is 23.4. The Morgan fingerprint density at radius 3 is 2.61 bits per heavy atom. The normalized spacial score (nSPS) is 15.7. The molecule has 4 rings (SSSR count). The highest BCUT2D eigenvalue weighted by atomic mass is 16.5. The van der Waals surface area contributed by atoms with Crippen LogP contribution in [-0.2, 0) is 4.79 Å². The molecule has 1 aliphatic rings. The topological polar surface area (TPSA) is 107 Å². The summed E-state index contributed by atoms with van der Waals surface area (Å²) in [7, 11) is 3.07. The highest BCUT2D eigenvalue weighted by molar-refractivity contribution is 5.98. The summed E-state index contributed by atoms with van der Waals surface area (Å²) >= 11 is 0.